The number of aromatic amines is 1. The smallest absolute Gasteiger partial charge is 0.415 e. The first kappa shape index (κ1) is 70.9. The molecule has 28 heteroatoms. The van der Waals surface area contributed by atoms with Crippen LogP contribution in [0.2, 0.25) is 0 Å². The predicted molar refractivity (Wildman–Crippen MR) is 356 cm³/mol. The molecule has 1 unspecified atom stereocenters. The summed E-state index contributed by atoms with van der Waals surface area (Å²) in [6.45, 7) is 9.83. The highest BCUT2D eigenvalue weighted by atomic mass is 35.5. The molecule has 3 aliphatic rings. The second-order valence-electron chi connectivity index (χ2n) is 24.2. The number of halogens is 1. The molecule has 9 amide bonds. The zero-order valence-electron chi connectivity index (χ0n) is 53.1. The van der Waals surface area contributed by atoms with Gasteiger partial charge in [0.05, 0.1) is 17.0 Å². The molecule has 3 aliphatic heterocycles. The number of likely N-dealkylation sites (tertiary alicyclic amines) is 2. The molecule has 5 heterocycles. The zero-order valence-corrected chi connectivity index (χ0v) is 55.5. The highest BCUT2D eigenvalue weighted by Gasteiger charge is 2.40. The molecule has 2 fully saturated rings. The molecule has 0 bridgehead atoms. The van der Waals surface area contributed by atoms with Crippen molar-refractivity contribution in [1.29, 1.82) is 0 Å². The molecule has 93 heavy (non-hydrogen) atoms. The van der Waals surface area contributed by atoms with Gasteiger partial charge in [-0.1, -0.05) is 32.4 Å². The van der Waals surface area contributed by atoms with Crippen LogP contribution in [-0.4, -0.2) is 191 Å². The van der Waals surface area contributed by atoms with E-state index in [0.717, 1.165) is 73.5 Å². The van der Waals surface area contributed by atoms with Crippen molar-refractivity contribution in [3.8, 4) is 11.5 Å². The number of nitrogens with two attached hydrogens (primary N) is 2. The summed E-state index contributed by atoms with van der Waals surface area (Å²) in [7, 11) is 3.09. The van der Waals surface area contributed by atoms with E-state index in [-0.39, 0.29) is 111 Å². The van der Waals surface area contributed by atoms with Crippen LogP contribution in [0.15, 0.2) is 60.7 Å². The number of amides is 9. The zero-order chi connectivity index (χ0) is 67.0. The number of imide groups is 1. The molecule has 5 atom stereocenters. The summed E-state index contributed by atoms with van der Waals surface area (Å²) in [5.41, 5.74) is 14.5. The number of primary amides is 1. The largest absolute Gasteiger partial charge is 0.492 e. The molecule has 5 aromatic rings. The van der Waals surface area contributed by atoms with Crippen LogP contribution in [0.4, 0.5) is 25.8 Å². The van der Waals surface area contributed by atoms with Gasteiger partial charge in [-0.15, -0.1) is 34.7 Å². The number of carbonyl (C=O) groups is 10. The van der Waals surface area contributed by atoms with Gasteiger partial charge in [-0.2, -0.15) is 0 Å². The number of anilines is 2. The van der Waals surface area contributed by atoms with E-state index >= 15 is 0 Å². The number of aromatic nitrogens is 1. The SMILES string of the molecule is Cc1cc2c(OC(=O)N(C)CCN(C)C(=O)OCc3ccc(NC(=O)[C@H](CCCNC(N)=O)CC(=O)[C@@H](NC(=O)CCCCCN4C(=O)CC(SC[C@H](N)C(=O)O)C4=O)C(C)C)cc3)cc3c(c2s1)[C@H](CCl)CN3C(=O)c1cc2cc(OCCN3CCCC3)ccc2[nH]1. The molecule has 0 spiro atoms. The van der Waals surface area contributed by atoms with Gasteiger partial charge in [0.1, 0.15) is 36.4 Å². The van der Waals surface area contributed by atoms with Gasteiger partial charge >= 0.3 is 24.2 Å². The number of rotatable bonds is 33. The number of thioether (sulfide) groups is 1. The molecule has 2 saturated heterocycles. The standard InChI is InChI=1S/C65H84ClN11O14S2/c1-38(2)57(72-54(79)13-7-6-8-23-76-55(80)33-53(61(76)83)92-37-47(67)62(84)85)51(78)31-41(12-11-20-69-63(68)86)59(81)70-44-16-14-40(15-17-44)36-90-64(87)73(4)24-25-74(5)65(88)91-52-32-50-56(58-46(52)28-39(3)93-58)43(34-66)35-77(50)60(82)49-30-42-29-45(18-19-48(42)71-49)89-27-26-75-21-9-10-22-75/h14-19,28-30,32,38,41,43,47,53,57,71H,6-13,20-27,31,33-37,67H2,1-5H3,(H,70,81)(H,72,79)(H,84,85)(H3,68,69,86)/t41-,43-,47+,53?,57+/m1/s1. The summed E-state index contributed by atoms with van der Waals surface area (Å²) in [4.78, 5) is 142. The monoisotopic (exact) mass is 1340 g/mol. The molecule has 0 radical (unpaired) electrons. The molecule has 0 saturated carbocycles. The lowest BCUT2D eigenvalue weighted by atomic mass is 9.89. The maximum atomic E-state index is 14.4. The van der Waals surface area contributed by atoms with Crippen LogP contribution >= 0.6 is 34.7 Å². The maximum absolute atomic E-state index is 14.4. The van der Waals surface area contributed by atoms with Crippen molar-refractivity contribution in [2.24, 2.45) is 23.3 Å². The number of H-pyrrole nitrogens is 1. The number of unbranched alkanes of at least 4 members (excludes halogenated alkanes) is 2. The number of thiophene rings is 1. The molecule has 0 aliphatic carbocycles. The molecule has 9 N–H and O–H groups in total. The number of nitrogens with one attached hydrogen (secondary N) is 4. The Bertz CT molecular complexity index is 3540. The number of alkyl halides is 1. The summed E-state index contributed by atoms with van der Waals surface area (Å²) in [5.74, 6) is -3.50. The number of carboxylic acids is 1. The molecule has 25 nitrogen and oxygen atoms in total. The Morgan fingerprint density at radius 1 is 0.914 bits per heavy atom. The fourth-order valence-corrected chi connectivity index (χ4v) is 14.0. The normalized spacial score (nSPS) is 16.5. The minimum Gasteiger partial charge on any atom is -0.492 e. The second-order valence-corrected chi connectivity index (χ2v) is 27.0. The molecular formula is C65H84ClN11O14S2. The van der Waals surface area contributed by atoms with Crippen LogP contribution < -0.4 is 41.8 Å². The fourth-order valence-electron chi connectivity index (χ4n) is 11.5. The number of ketones is 1. The number of urea groups is 1. The van der Waals surface area contributed by atoms with E-state index in [0.29, 0.717) is 61.5 Å². The van der Waals surface area contributed by atoms with Gasteiger partial charge in [0.25, 0.3) is 5.91 Å². The van der Waals surface area contributed by atoms with Crippen molar-refractivity contribution in [2.45, 2.75) is 115 Å². The number of carbonyl (C=O) groups excluding carboxylic acids is 9. The van der Waals surface area contributed by atoms with Crippen LogP contribution in [0, 0.1) is 18.8 Å². The third kappa shape index (κ3) is 19.1. The lowest BCUT2D eigenvalue weighted by molar-refractivity contribution is -0.139. The van der Waals surface area contributed by atoms with E-state index in [1.54, 1.807) is 67.5 Å². The average Bonchev–Trinajstić information content (AvgIpc) is 1.59. The number of carboxylic acid groups (broad SMARTS) is 1. The molecule has 2 aromatic heterocycles. The lowest BCUT2D eigenvalue weighted by Gasteiger charge is -2.24. The van der Waals surface area contributed by atoms with Crippen molar-refractivity contribution >= 4 is 127 Å². The first-order valence-corrected chi connectivity index (χ1v) is 33.8. The Balaban J connectivity index is 0.792. The Hall–Kier alpha value is -7.98. The van der Waals surface area contributed by atoms with Gasteiger partial charge in [-0.3, -0.25) is 43.4 Å². The van der Waals surface area contributed by atoms with E-state index in [9.17, 15) is 47.9 Å². The van der Waals surface area contributed by atoms with E-state index in [1.807, 2.05) is 37.3 Å². The Morgan fingerprint density at radius 3 is 2.34 bits per heavy atom. The van der Waals surface area contributed by atoms with Crippen molar-refractivity contribution < 1.29 is 67.3 Å². The molecule has 502 valence electrons. The summed E-state index contributed by atoms with van der Waals surface area (Å²) in [6.07, 6.45) is 2.76. The minimum absolute atomic E-state index is 0.00857. The van der Waals surface area contributed by atoms with Gasteiger partial charge in [0.15, 0.2) is 5.78 Å². The van der Waals surface area contributed by atoms with Crippen LogP contribution in [0.5, 0.6) is 11.5 Å². The number of aliphatic carboxylic acids is 1. The van der Waals surface area contributed by atoms with E-state index < -0.39 is 59.3 Å². The van der Waals surface area contributed by atoms with Crippen molar-refractivity contribution in [1.82, 2.24) is 35.2 Å². The molecule has 3 aromatic carbocycles. The van der Waals surface area contributed by atoms with Gasteiger partial charge in [0.2, 0.25) is 23.6 Å². The Morgan fingerprint density at radius 2 is 1.65 bits per heavy atom. The quantitative estimate of drug-likeness (QED) is 0.0120. The van der Waals surface area contributed by atoms with E-state index in [2.05, 4.69) is 25.8 Å². The highest BCUT2D eigenvalue weighted by Crippen LogP contribution is 2.49. The number of likely N-dealkylation sites (N-methyl/N-ethyl adjacent to an activating group) is 2. The van der Waals surface area contributed by atoms with Crippen molar-refractivity contribution in [2.75, 3.05) is 94.9 Å². The number of hydrogen-bond donors (Lipinski definition) is 7. The van der Waals surface area contributed by atoms with Gasteiger partial charge in [-0.05, 0) is 112 Å². The third-order valence-electron chi connectivity index (χ3n) is 16.8. The molecular weight excluding hydrogens is 1260 g/mol. The van der Waals surface area contributed by atoms with Gasteiger partial charge in [-0.25, -0.2) is 14.4 Å². The van der Waals surface area contributed by atoms with Crippen molar-refractivity contribution in [3.63, 3.8) is 0 Å². The number of ether oxygens (including phenoxy) is 3. The van der Waals surface area contributed by atoms with E-state index in [1.165, 1.54) is 29.7 Å². The average molecular weight is 1340 g/mol. The third-order valence-corrected chi connectivity index (χ3v) is 19.6. The predicted octanol–water partition coefficient (Wildman–Crippen LogP) is 7.78. The molecule has 8 rings (SSSR count). The number of fused-ring (bicyclic) bond motifs is 4. The van der Waals surface area contributed by atoms with Gasteiger partial charge < -0.3 is 66.4 Å². The van der Waals surface area contributed by atoms with Crippen LogP contribution in [0.25, 0.3) is 21.0 Å². The summed E-state index contributed by atoms with van der Waals surface area (Å²) < 4.78 is 18.6. The topological polar surface area (TPSA) is 339 Å². The lowest BCUT2D eigenvalue weighted by Crippen LogP contribution is -2.45. The van der Waals surface area contributed by atoms with Crippen LogP contribution in [0.1, 0.15) is 110 Å². The number of nitrogens with zero attached hydrogens (tertiary/aromatic N) is 5. The fraction of sp³-hybridized carbons (Fsp3) is 0.508. The number of Topliss-reactive ketones (excluding diaryl/α,β-unsaturated/α-hetero) is 1. The van der Waals surface area contributed by atoms with Crippen molar-refractivity contribution in [3.05, 3.63) is 82.4 Å². The second kappa shape index (κ2) is 33.2. The summed E-state index contributed by atoms with van der Waals surface area (Å²) in [6, 6.07) is 15.0. The Labute approximate surface area is 553 Å². The maximum Gasteiger partial charge on any atom is 0.415 e. The summed E-state index contributed by atoms with van der Waals surface area (Å²) >= 11 is 9.19. The Kier molecular flexibility index (Phi) is 25.3. The highest BCUT2D eigenvalue weighted by molar-refractivity contribution is 8.00. The van der Waals surface area contributed by atoms with Crippen LogP contribution in [0.3, 0.4) is 0 Å². The number of aryl methyl sites for hydroxylation is 1. The summed E-state index contributed by atoms with van der Waals surface area (Å²) in [5, 5.41) is 18.1. The first-order valence-electron chi connectivity index (χ1n) is 31.4. The first-order chi connectivity index (χ1) is 44.5. The minimum atomic E-state index is -1.19. The van der Waals surface area contributed by atoms with E-state index in [4.69, 9.17) is 42.4 Å². The van der Waals surface area contributed by atoms with Crippen LogP contribution in [-0.2, 0) is 40.1 Å². The van der Waals surface area contributed by atoms with Gasteiger partial charge in [0, 0.05) is 139 Å². The number of hydrogen-bond acceptors (Lipinski definition) is 17. The number of benzene rings is 3.